The van der Waals surface area contributed by atoms with Crippen LogP contribution in [0.25, 0.3) is 22.6 Å². The van der Waals surface area contributed by atoms with Gasteiger partial charge in [0.15, 0.2) is 5.58 Å². The minimum absolute atomic E-state index is 0.670. The zero-order valence-electron chi connectivity index (χ0n) is 11.1. The van der Waals surface area contributed by atoms with Crippen LogP contribution in [0.2, 0.25) is 0 Å². The van der Waals surface area contributed by atoms with Gasteiger partial charge in [-0.05, 0) is 38.1 Å². The number of benzene rings is 2. The molecule has 0 unspecified atom stereocenters. The van der Waals surface area contributed by atoms with Gasteiger partial charge in [0.25, 0.3) is 0 Å². The molecule has 0 fully saturated rings. The molecule has 0 aliphatic rings. The van der Waals surface area contributed by atoms with Gasteiger partial charge in [-0.15, -0.1) is 0 Å². The molecule has 3 nitrogen and oxygen atoms in total. The fourth-order valence-electron chi connectivity index (χ4n) is 2.06. The van der Waals surface area contributed by atoms with Crippen molar-refractivity contribution in [2.75, 3.05) is 11.9 Å². The number of nitrogens with zero attached hydrogens (tertiary/aromatic N) is 1. The predicted molar refractivity (Wildman–Crippen MR) is 78.3 cm³/mol. The Bertz CT molecular complexity index is 698. The molecule has 0 radical (unpaired) electrons. The van der Waals surface area contributed by atoms with Crippen molar-refractivity contribution in [3.05, 3.63) is 48.0 Å². The quantitative estimate of drug-likeness (QED) is 0.757. The molecule has 1 heterocycles. The molecule has 0 atom stereocenters. The van der Waals surface area contributed by atoms with Crippen LogP contribution >= 0.6 is 0 Å². The van der Waals surface area contributed by atoms with E-state index in [1.54, 1.807) is 0 Å². The lowest BCUT2D eigenvalue weighted by Gasteiger charge is -2.00. The van der Waals surface area contributed by atoms with Crippen molar-refractivity contribution >= 4 is 16.8 Å². The summed E-state index contributed by atoms with van der Waals surface area (Å²) in [5.41, 5.74) is 4.99. The molecule has 19 heavy (non-hydrogen) atoms. The van der Waals surface area contributed by atoms with E-state index in [-0.39, 0.29) is 0 Å². The molecule has 0 aliphatic carbocycles. The number of anilines is 1. The van der Waals surface area contributed by atoms with Gasteiger partial charge in [0.1, 0.15) is 5.52 Å². The Labute approximate surface area is 112 Å². The minimum atomic E-state index is 0.670. The third-order valence-electron chi connectivity index (χ3n) is 3.07. The first-order valence-electron chi connectivity index (χ1n) is 6.48. The van der Waals surface area contributed by atoms with E-state index >= 15 is 0 Å². The second-order valence-electron chi connectivity index (χ2n) is 4.60. The summed E-state index contributed by atoms with van der Waals surface area (Å²) in [6, 6.07) is 14.2. The Kier molecular flexibility index (Phi) is 2.95. The van der Waals surface area contributed by atoms with Gasteiger partial charge in [0.05, 0.1) is 0 Å². The lowest BCUT2D eigenvalue weighted by Crippen LogP contribution is -1.95. The van der Waals surface area contributed by atoms with Gasteiger partial charge in [0, 0.05) is 23.9 Å². The van der Waals surface area contributed by atoms with Crippen molar-refractivity contribution in [1.82, 2.24) is 4.98 Å². The van der Waals surface area contributed by atoms with Crippen molar-refractivity contribution in [3.8, 4) is 11.5 Å². The average Bonchev–Trinajstić information content (AvgIpc) is 2.83. The number of rotatable bonds is 3. The Morgan fingerprint density at radius 3 is 2.63 bits per heavy atom. The minimum Gasteiger partial charge on any atom is -0.436 e. The van der Waals surface area contributed by atoms with Crippen molar-refractivity contribution in [2.45, 2.75) is 13.8 Å². The molecule has 96 valence electrons. The van der Waals surface area contributed by atoms with Gasteiger partial charge in [-0.25, -0.2) is 4.98 Å². The first kappa shape index (κ1) is 11.8. The van der Waals surface area contributed by atoms with Gasteiger partial charge >= 0.3 is 0 Å². The Hall–Kier alpha value is -2.29. The van der Waals surface area contributed by atoms with Gasteiger partial charge in [-0.1, -0.05) is 17.7 Å². The van der Waals surface area contributed by atoms with Crippen LogP contribution in [-0.4, -0.2) is 11.5 Å². The number of hydrogen-bond donors (Lipinski definition) is 1. The molecule has 0 spiro atoms. The van der Waals surface area contributed by atoms with Gasteiger partial charge in [-0.2, -0.15) is 0 Å². The normalized spacial score (nSPS) is 10.8. The van der Waals surface area contributed by atoms with E-state index in [0.29, 0.717) is 5.89 Å². The van der Waals surface area contributed by atoms with Crippen molar-refractivity contribution < 1.29 is 4.42 Å². The highest BCUT2D eigenvalue weighted by Gasteiger charge is 2.08. The summed E-state index contributed by atoms with van der Waals surface area (Å²) in [6.45, 7) is 5.03. The summed E-state index contributed by atoms with van der Waals surface area (Å²) in [6.07, 6.45) is 0. The van der Waals surface area contributed by atoms with Crippen molar-refractivity contribution in [2.24, 2.45) is 0 Å². The van der Waals surface area contributed by atoms with E-state index in [1.165, 1.54) is 5.56 Å². The van der Waals surface area contributed by atoms with Crippen molar-refractivity contribution in [1.29, 1.82) is 0 Å². The van der Waals surface area contributed by atoms with E-state index in [0.717, 1.165) is 28.9 Å². The maximum Gasteiger partial charge on any atom is 0.227 e. The topological polar surface area (TPSA) is 38.1 Å². The Morgan fingerprint density at radius 2 is 1.89 bits per heavy atom. The third-order valence-corrected chi connectivity index (χ3v) is 3.07. The Balaban J connectivity index is 2.03. The fourth-order valence-corrected chi connectivity index (χ4v) is 2.06. The highest BCUT2D eigenvalue weighted by Crippen LogP contribution is 2.26. The van der Waals surface area contributed by atoms with Crippen LogP contribution in [0.5, 0.6) is 0 Å². The van der Waals surface area contributed by atoms with E-state index < -0.39 is 0 Å². The van der Waals surface area contributed by atoms with Gasteiger partial charge < -0.3 is 9.73 Å². The van der Waals surface area contributed by atoms with Crippen LogP contribution in [0.4, 0.5) is 5.69 Å². The molecule has 1 N–H and O–H groups in total. The lowest BCUT2D eigenvalue weighted by atomic mass is 10.1. The molecule has 1 aromatic heterocycles. The lowest BCUT2D eigenvalue weighted by molar-refractivity contribution is 0.620. The third kappa shape index (κ3) is 2.32. The van der Waals surface area contributed by atoms with Crippen LogP contribution in [0.1, 0.15) is 12.5 Å². The summed E-state index contributed by atoms with van der Waals surface area (Å²) >= 11 is 0. The second-order valence-corrected chi connectivity index (χ2v) is 4.60. The largest absolute Gasteiger partial charge is 0.436 e. The number of aryl methyl sites for hydroxylation is 1. The highest BCUT2D eigenvalue weighted by atomic mass is 16.3. The average molecular weight is 252 g/mol. The highest BCUT2D eigenvalue weighted by molar-refractivity contribution is 5.79. The molecule has 0 aliphatic heterocycles. The van der Waals surface area contributed by atoms with E-state index in [4.69, 9.17) is 4.42 Å². The zero-order valence-corrected chi connectivity index (χ0v) is 11.1. The number of hydrogen-bond acceptors (Lipinski definition) is 3. The number of aromatic nitrogens is 1. The SMILES string of the molecule is CCNc1ccc2nc(-c3ccc(C)cc3)oc2c1. The monoisotopic (exact) mass is 252 g/mol. The second kappa shape index (κ2) is 4.76. The summed E-state index contributed by atoms with van der Waals surface area (Å²) < 4.78 is 5.83. The van der Waals surface area contributed by atoms with Crippen LogP contribution in [0.3, 0.4) is 0 Å². The molecule has 0 saturated heterocycles. The van der Waals surface area contributed by atoms with Crippen molar-refractivity contribution in [3.63, 3.8) is 0 Å². The molecule has 0 saturated carbocycles. The van der Waals surface area contributed by atoms with Crippen LogP contribution in [0.15, 0.2) is 46.9 Å². The molecular formula is C16H16N2O. The molecule has 2 aromatic carbocycles. The summed E-state index contributed by atoms with van der Waals surface area (Å²) in [7, 11) is 0. The zero-order chi connectivity index (χ0) is 13.2. The van der Waals surface area contributed by atoms with E-state index in [2.05, 4.69) is 36.3 Å². The summed E-state index contributed by atoms with van der Waals surface area (Å²) in [4.78, 5) is 4.52. The molecule has 0 amide bonds. The summed E-state index contributed by atoms with van der Waals surface area (Å²) in [5, 5.41) is 3.27. The number of fused-ring (bicyclic) bond motifs is 1. The molecular weight excluding hydrogens is 236 g/mol. The van der Waals surface area contributed by atoms with E-state index in [1.807, 2.05) is 30.3 Å². The maximum atomic E-state index is 5.83. The van der Waals surface area contributed by atoms with Crippen LogP contribution < -0.4 is 5.32 Å². The first-order chi connectivity index (χ1) is 9.26. The molecule has 3 rings (SSSR count). The maximum absolute atomic E-state index is 5.83. The smallest absolute Gasteiger partial charge is 0.227 e. The van der Waals surface area contributed by atoms with Gasteiger partial charge in [-0.3, -0.25) is 0 Å². The van der Waals surface area contributed by atoms with E-state index in [9.17, 15) is 0 Å². The summed E-state index contributed by atoms with van der Waals surface area (Å²) in [5.74, 6) is 0.670. The molecule has 0 bridgehead atoms. The standard InChI is InChI=1S/C16H16N2O/c1-3-17-13-8-9-14-15(10-13)19-16(18-14)12-6-4-11(2)5-7-12/h4-10,17H,3H2,1-2H3. The fraction of sp³-hybridized carbons (Fsp3) is 0.188. The molecule has 3 aromatic rings. The van der Waals surface area contributed by atoms with Crippen LogP contribution in [0, 0.1) is 6.92 Å². The predicted octanol–water partition coefficient (Wildman–Crippen LogP) is 4.24. The van der Waals surface area contributed by atoms with Gasteiger partial charge in [0.2, 0.25) is 5.89 Å². The Morgan fingerprint density at radius 1 is 1.11 bits per heavy atom. The molecule has 3 heteroatoms. The number of oxazole rings is 1. The number of nitrogens with one attached hydrogen (secondary N) is 1. The van der Waals surface area contributed by atoms with Crippen LogP contribution in [-0.2, 0) is 0 Å². The first-order valence-corrected chi connectivity index (χ1v) is 6.48.